The molecule has 3 aliphatic heterocycles. The molecule has 1 saturated carbocycles. The zero-order valence-electron chi connectivity index (χ0n) is 18.4. The van der Waals surface area contributed by atoms with Gasteiger partial charge in [-0.15, -0.1) is 0 Å². The molecule has 5 aliphatic rings. The van der Waals surface area contributed by atoms with E-state index < -0.39 is 11.9 Å². The third kappa shape index (κ3) is 3.08. The molecule has 0 radical (unpaired) electrons. The predicted octanol–water partition coefficient (Wildman–Crippen LogP) is -0.102. The van der Waals surface area contributed by atoms with Gasteiger partial charge in [0.2, 0.25) is 17.7 Å². The molecule has 33 heavy (non-hydrogen) atoms. The number of amides is 3. The van der Waals surface area contributed by atoms with Crippen LogP contribution in [0.2, 0.25) is 0 Å². The summed E-state index contributed by atoms with van der Waals surface area (Å²) in [6.07, 6.45) is 4.15. The summed E-state index contributed by atoms with van der Waals surface area (Å²) in [5, 5.41) is 9.39. The Morgan fingerprint density at radius 1 is 1.21 bits per heavy atom. The molecule has 1 aromatic carbocycles. The first-order valence-electron chi connectivity index (χ1n) is 11.8. The summed E-state index contributed by atoms with van der Waals surface area (Å²) < 4.78 is 0. The number of nitrogens with zero attached hydrogens (tertiary/aromatic N) is 4. The van der Waals surface area contributed by atoms with E-state index in [1.807, 2.05) is 17.0 Å². The van der Waals surface area contributed by atoms with Crippen molar-refractivity contribution in [2.75, 3.05) is 13.1 Å². The first-order chi connectivity index (χ1) is 15.9. The number of carbonyl (C=O) groups is 3. The molecule has 2 bridgehead atoms. The number of fused-ring (bicyclic) bond motifs is 4. The molecule has 1 aromatic rings. The molecule has 0 aromatic heterocycles. The van der Waals surface area contributed by atoms with Crippen LogP contribution >= 0.6 is 0 Å². The van der Waals surface area contributed by atoms with Crippen molar-refractivity contribution in [3.63, 3.8) is 0 Å². The lowest BCUT2D eigenvalue weighted by molar-refractivity contribution is -0.141. The maximum atomic E-state index is 13.3. The summed E-state index contributed by atoms with van der Waals surface area (Å²) >= 11 is 0. The van der Waals surface area contributed by atoms with Gasteiger partial charge in [-0.3, -0.25) is 19.3 Å². The van der Waals surface area contributed by atoms with E-state index in [1.54, 1.807) is 11.0 Å². The highest BCUT2D eigenvalue weighted by molar-refractivity contribution is 5.93. The van der Waals surface area contributed by atoms with E-state index in [-0.39, 0.29) is 42.0 Å². The zero-order valence-corrected chi connectivity index (χ0v) is 18.4. The second-order valence-electron chi connectivity index (χ2n) is 10.2. The van der Waals surface area contributed by atoms with Crippen molar-refractivity contribution in [3.05, 3.63) is 34.9 Å². The van der Waals surface area contributed by atoms with E-state index in [9.17, 15) is 19.6 Å². The summed E-state index contributed by atoms with van der Waals surface area (Å²) in [5.41, 5.74) is 14.4. The van der Waals surface area contributed by atoms with E-state index in [4.69, 9.17) is 11.5 Å². The highest BCUT2D eigenvalue weighted by atomic mass is 16.2. The molecule has 9 heteroatoms. The normalized spacial score (nSPS) is 34.8. The fourth-order valence-corrected chi connectivity index (χ4v) is 6.75. The van der Waals surface area contributed by atoms with Gasteiger partial charge in [0.15, 0.2) is 0 Å². The number of benzene rings is 1. The molecule has 9 nitrogen and oxygen atoms in total. The summed E-state index contributed by atoms with van der Waals surface area (Å²) in [4.78, 5) is 43.6. The summed E-state index contributed by atoms with van der Waals surface area (Å²) in [5.74, 6) is -0.0435. The van der Waals surface area contributed by atoms with Crippen LogP contribution in [0, 0.1) is 17.2 Å². The van der Waals surface area contributed by atoms with Gasteiger partial charge in [-0.1, -0.05) is 6.07 Å². The van der Waals surface area contributed by atoms with Gasteiger partial charge in [0.25, 0.3) is 0 Å². The highest BCUT2D eigenvalue weighted by Crippen LogP contribution is 2.48. The number of nitriles is 1. The van der Waals surface area contributed by atoms with E-state index in [1.165, 1.54) is 0 Å². The fraction of sp³-hybridized carbons (Fsp3) is 0.583. The van der Waals surface area contributed by atoms with Gasteiger partial charge in [0, 0.05) is 30.7 Å². The van der Waals surface area contributed by atoms with Crippen molar-refractivity contribution < 1.29 is 14.4 Å². The minimum absolute atomic E-state index is 0.0228. The van der Waals surface area contributed by atoms with Crippen molar-refractivity contribution in [3.8, 4) is 6.07 Å². The summed E-state index contributed by atoms with van der Waals surface area (Å²) in [7, 11) is 0. The van der Waals surface area contributed by atoms with Gasteiger partial charge in [-0.05, 0) is 61.3 Å². The van der Waals surface area contributed by atoms with E-state index in [0.717, 1.165) is 43.2 Å². The molecule has 3 amide bonds. The molecular weight excluding hydrogens is 420 g/mol. The third-order valence-corrected chi connectivity index (χ3v) is 8.38. The molecule has 172 valence electrons. The Hall–Kier alpha value is -2.96. The number of nitrogens with two attached hydrogens (primary N) is 2. The molecule has 0 spiro atoms. The quantitative estimate of drug-likeness (QED) is 0.645. The minimum Gasteiger partial charge on any atom is -0.366 e. The van der Waals surface area contributed by atoms with Gasteiger partial charge in [0.05, 0.1) is 24.2 Å². The smallest absolute Gasteiger partial charge is 0.248 e. The maximum absolute atomic E-state index is 13.3. The average Bonchev–Trinajstić information content (AvgIpc) is 3.15. The van der Waals surface area contributed by atoms with Crippen LogP contribution in [-0.4, -0.2) is 75.7 Å². The standard InChI is InChI=1S/C24H28N6O3/c25-9-15-6-14-7-20(14)29(15)23(32)18(26)11-28-10-16-8-21(28)24(33)30(16)19-4-2-12-5-13(22(27)31)1-3-17(12)19/h1,3,5,14-16,18-21H,2,4,6-8,10-11,26H2,(H2,27,31)/t14-,15+,16?,18+,19+,20+,21+/m1/s1. The zero-order chi connectivity index (χ0) is 23.0. The Balaban J connectivity index is 1.13. The van der Waals surface area contributed by atoms with Gasteiger partial charge in [0.1, 0.15) is 6.04 Å². The molecule has 3 saturated heterocycles. The van der Waals surface area contributed by atoms with Gasteiger partial charge >= 0.3 is 0 Å². The number of piperidine rings is 1. The molecule has 1 unspecified atom stereocenters. The second kappa shape index (κ2) is 7.27. The Morgan fingerprint density at radius 2 is 2.03 bits per heavy atom. The van der Waals surface area contributed by atoms with Gasteiger partial charge in [-0.2, -0.15) is 5.26 Å². The van der Waals surface area contributed by atoms with Crippen molar-refractivity contribution in [2.45, 2.75) is 68.4 Å². The van der Waals surface area contributed by atoms with Crippen LogP contribution in [0.3, 0.4) is 0 Å². The Bertz CT molecular complexity index is 1100. The van der Waals surface area contributed by atoms with Crippen molar-refractivity contribution >= 4 is 17.7 Å². The lowest BCUT2D eigenvalue weighted by Gasteiger charge is -2.38. The number of hydrogen-bond acceptors (Lipinski definition) is 6. The Morgan fingerprint density at radius 3 is 2.76 bits per heavy atom. The lowest BCUT2D eigenvalue weighted by atomic mass is 10.0. The van der Waals surface area contributed by atoms with Crippen molar-refractivity contribution in [1.82, 2.24) is 14.7 Å². The molecule has 2 aliphatic carbocycles. The fourth-order valence-electron chi connectivity index (χ4n) is 6.75. The minimum atomic E-state index is -0.722. The topological polar surface area (TPSA) is 137 Å². The van der Waals surface area contributed by atoms with Crippen LogP contribution in [-0.2, 0) is 16.0 Å². The Labute approximate surface area is 192 Å². The van der Waals surface area contributed by atoms with E-state index in [2.05, 4.69) is 11.0 Å². The number of carbonyl (C=O) groups excluding carboxylic acids is 3. The van der Waals surface area contributed by atoms with Gasteiger partial charge in [-0.25, -0.2) is 0 Å². The molecule has 7 atom stereocenters. The number of aryl methyl sites for hydroxylation is 1. The number of hydrogen-bond donors (Lipinski definition) is 2. The third-order valence-electron chi connectivity index (χ3n) is 8.38. The van der Waals surface area contributed by atoms with Crippen molar-refractivity contribution in [1.29, 1.82) is 5.26 Å². The van der Waals surface area contributed by atoms with E-state index in [0.29, 0.717) is 24.6 Å². The largest absolute Gasteiger partial charge is 0.366 e. The first-order valence-corrected chi connectivity index (χ1v) is 11.8. The molecule has 6 rings (SSSR count). The lowest BCUT2D eigenvalue weighted by Crippen LogP contribution is -2.57. The summed E-state index contributed by atoms with van der Waals surface area (Å²) in [6, 6.07) is 6.74. The van der Waals surface area contributed by atoms with E-state index >= 15 is 0 Å². The average molecular weight is 449 g/mol. The molecule has 4 fully saturated rings. The van der Waals surface area contributed by atoms with Crippen LogP contribution < -0.4 is 11.5 Å². The second-order valence-corrected chi connectivity index (χ2v) is 10.2. The maximum Gasteiger partial charge on any atom is 0.248 e. The van der Waals surface area contributed by atoms with Crippen LogP contribution in [0.1, 0.15) is 53.2 Å². The van der Waals surface area contributed by atoms with Crippen molar-refractivity contribution in [2.24, 2.45) is 17.4 Å². The molecule has 4 N–H and O–H groups in total. The Kier molecular flexibility index (Phi) is 4.55. The number of rotatable bonds is 5. The molecule has 3 heterocycles. The van der Waals surface area contributed by atoms with Gasteiger partial charge < -0.3 is 21.3 Å². The SMILES string of the molecule is N#C[C@@H]1C[C@@H]2C[C@@H]2N1C(=O)[C@@H](N)CN1CC2C[C@H]1C(=O)N2[C@H]1CCc2cc(C(N)=O)ccc21. The first kappa shape index (κ1) is 20.6. The number of primary amides is 1. The van der Waals surface area contributed by atoms with Crippen LogP contribution in [0.5, 0.6) is 0 Å². The van der Waals surface area contributed by atoms with Crippen LogP contribution in [0.4, 0.5) is 0 Å². The predicted molar refractivity (Wildman–Crippen MR) is 117 cm³/mol. The molecular formula is C24H28N6O3. The number of piperazine rings is 1. The monoisotopic (exact) mass is 448 g/mol. The van der Waals surface area contributed by atoms with Crippen LogP contribution in [0.15, 0.2) is 18.2 Å². The van der Waals surface area contributed by atoms with Crippen LogP contribution in [0.25, 0.3) is 0 Å². The highest BCUT2D eigenvalue weighted by Gasteiger charge is 2.56. The number of likely N-dealkylation sites (tertiary alicyclic amines) is 3. The summed E-state index contributed by atoms with van der Waals surface area (Å²) in [6.45, 7) is 1.05.